The summed E-state index contributed by atoms with van der Waals surface area (Å²) in [7, 11) is 0. The maximum Gasteiger partial charge on any atom is 0.133 e. The summed E-state index contributed by atoms with van der Waals surface area (Å²) in [5.74, 6) is 0.774. The van der Waals surface area contributed by atoms with E-state index in [0.717, 1.165) is 16.2 Å². The van der Waals surface area contributed by atoms with Gasteiger partial charge in [-0.2, -0.15) is 0 Å². The molecule has 0 amide bonds. The topological polar surface area (TPSA) is 42.4 Å². The molecule has 0 aliphatic rings. The standard InChI is InChI=1S/C17H19Cl2NO2S/c1-10(2)22-16-6-11(4-5-17(16)23-3)15(21)7-12-13(18)8-20-9-14(12)19/h4-6,8-10,15,21H,7H2,1-3H3. The van der Waals surface area contributed by atoms with Gasteiger partial charge in [0.05, 0.1) is 22.3 Å². The number of aliphatic hydroxyl groups is 1. The Labute approximate surface area is 151 Å². The lowest BCUT2D eigenvalue weighted by Gasteiger charge is -2.17. The van der Waals surface area contributed by atoms with Crippen molar-refractivity contribution in [3.63, 3.8) is 0 Å². The third-order valence-electron chi connectivity index (χ3n) is 3.28. The Kier molecular flexibility index (Phi) is 6.60. The third kappa shape index (κ3) is 4.77. The van der Waals surface area contributed by atoms with E-state index in [2.05, 4.69) is 4.98 Å². The Morgan fingerprint density at radius 2 is 1.87 bits per heavy atom. The molecule has 0 aliphatic heterocycles. The molecule has 0 spiro atoms. The quantitative estimate of drug-likeness (QED) is 0.710. The molecular weight excluding hydrogens is 353 g/mol. The molecule has 1 aromatic heterocycles. The summed E-state index contributed by atoms with van der Waals surface area (Å²) in [5.41, 5.74) is 1.46. The van der Waals surface area contributed by atoms with E-state index < -0.39 is 6.10 Å². The number of halogens is 2. The molecule has 1 aromatic carbocycles. The molecule has 0 aliphatic carbocycles. The van der Waals surface area contributed by atoms with E-state index in [1.807, 2.05) is 38.3 Å². The van der Waals surface area contributed by atoms with Gasteiger partial charge in [0.2, 0.25) is 0 Å². The van der Waals surface area contributed by atoms with Gasteiger partial charge in [-0.1, -0.05) is 29.3 Å². The molecule has 0 saturated heterocycles. The fourth-order valence-corrected chi connectivity index (χ4v) is 3.22. The molecule has 124 valence electrons. The van der Waals surface area contributed by atoms with E-state index in [0.29, 0.717) is 22.0 Å². The summed E-state index contributed by atoms with van der Waals surface area (Å²) >= 11 is 13.9. The van der Waals surface area contributed by atoms with Gasteiger partial charge >= 0.3 is 0 Å². The van der Waals surface area contributed by atoms with Crippen LogP contribution in [-0.4, -0.2) is 22.5 Å². The normalized spacial score (nSPS) is 12.5. The molecule has 2 rings (SSSR count). The molecule has 1 atom stereocenters. The summed E-state index contributed by atoms with van der Waals surface area (Å²) < 4.78 is 5.83. The molecule has 1 N–H and O–H groups in total. The van der Waals surface area contributed by atoms with Crippen molar-refractivity contribution >= 4 is 35.0 Å². The number of nitrogens with zero attached hydrogens (tertiary/aromatic N) is 1. The van der Waals surface area contributed by atoms with Gasteiger partial charge in [-0.05, 0) is 43.4 Å². The Morgan fingerprint density at radius 3 is 2.43 bits per heavy atom. The lowest BCUT2D eigenvalue weighted by molar-refractivity contribution is 0.176. The minimum atomic E-state index is -0.724. The monoisotopic (exact) mass is 371 g/mol. The summed E-state index contributed by atoms with van der Waals surface area (Å²) in [6.45, 7) is 3.95. The van der Waals surface area contributed by atoms with Crippen molar-refractivity contribution < 1.29 is 9.84 Å². The van der Waals surface area contributed by atoms with Crippen molar-refractivity contribution in [3.8, 4) is 5.75 Å². The van der Waals surface area contributed by atoms with Crippen LogP contribution in [0.2, 0.25) is 10.0 Å². The van der Waals surface area contributed by atoms with Gasteiger partial charge in [0.25, 0.3) is 0 Å². The molecule has 0 fully saturated rings. The van der Waals surface area contributed by atoms with E-state index in [-0.39, 0.29) is 6.10 Å². The molecule has 1 heterocycles. The minimum absolute atomic E-state index is 0.0670. The zero-order valence-electron chi connectivity index (χ0n) is 13.2. The van der Waals surface area contributed by atoms with Crippen LogP contribution in [-0.2, 0) is 6.42 Å². The Hall–Kier alpha value is -0.940. The molecule has 0 radical (unpaired) electrons. The van der Waals surface area contributed by atoms with Gasteiger partial charge in [0, 0.05) is 23.7 Å². The number of hydrogen-bond donors (Lipinski definition) is 1. The van der Waals surface area contributed by atoms with Gasteiger partial charge in [-0.25, -0.2) is 0 Å². The first-order valence-electron chi connectivity index (χ1n) is 7.23. The summed E-state index contributed by atoms with van der Waals surface area (Å²) in [6.07, 6.45) is 4.71. The highest BCUT2D eigenvalue weighted by molar-refractivity contribution is 7.98. The van der Waals surface area contributed by atoms with Crippen molar-refractivity contribution in [1.29, 1.82) is 0 Å². The van der Waals surface area contributed by atoms with E-state index in [4.69, 9.17) is 27.9 Å². The van der Waals surface area contributed by atoms with Crippen LogP contribution in [0.5, 0.6) is 5.75 Å². The van der Waals surface area contributed by atoms with Crippen molar-refractivity contribution in [2.24, 2.45) is 0 Å². The third-order valence-corrected chi connectivity index (χ3v) is 4.71. The average molecular weight is 372 g/mol. The van der Waals surface area contributed by atoms with Crippen LogP contribution in [0.3, 0.4) is 0 Å². The lowest BCUT2D eigenvalue weighted by atomic mass is 10.0. The van der Waals surface area contributed by atoms with Gasteiger partial charge in [0.15, 0.2) is 0 Å². The SMILES string of the molecule is CSc1ccc(C(O)Cc2c(Cl)cncc2Cl)cc1OC(C)C. The fourth-order valence-electron chi connectivity index (χ4n) is 2.19. The van der Waals surface area contributed by atoms with Crippen molar-refractivity contribution in [2.75, 3.05) is 6.26 Å². The smallest absolute Gasteiger partial charge is 0.133 e. The van der Waals surface area contributed by atoms with Crippen molar-refractivity contribution in [1.82, 2.24) is 4.98 Å². The molecule has 6 heteroatoms. The maximum atomic E-state index is 10.5. The van der Waals surface area contributed by atoms with Crippen molar-refractivity contribution in [3.05, 3.63) is 51.8 Å². The van der Waals surface area contributed by atoms with Gasteiger partial charge < -0.3 is 9.84 Å². The number of pyridine rings is 1. The van der Waals surface area contributed by atoms with Gasteiger partial charge in [-0.15, -0.1) is 11.8 Å². The van der Waals surface area contributed by atoms with Gasteiger partial charge in [0.1, 0.15) is 5.75 Å². The first-order chi connectivity index (χ1) is 10.9. The Bertz CT molecular complexity index is 659. The number of rotatable bonds is 6. The molecule has 2 aromatic rings. The van der Waals surface area contributed by atoms with Crippen LogP contribution in [0.1, 0.15) is 31.1 Å². The molecule has 1 unspecified atom stereocenters. The number of hydrogen-bond acceptors (Lipinski definition) is 4. The maximum absolute atomic E-state index is 10.5. The average Bonchev–Trinajstić information content (AvgIpc) is 2.50. The minimum Gasteiger partial charge on any atom is -0.490 e. The molecule has 3 nitrogen and oxygen atoms in total. The van der Waals surface area contributed by atoms with Crippen molar-refractivity contribution in [2.45, 2.75) is 37.4 Å². The molecular formula is C17H19Cl2NO2S. The van der Waals surface area contributed by atoms with E-state index in [9.17, 15) is 5.11 Å². The Morgan fingerprint density at radius 1 is 1.22 bits per heavy atom. The van der Waals surface area contributed by atoms with Crippen LogP contribution in [0, 0.1) is 0 Å². The number of benzene rings is 1. The van der Waals surface area contributed by atoms with Crippen LogP contribution in [0.4, 0.5) is 0 Å². The number of aliphatic hydroxyl groups excluding tert-OH is 1. The number of ether oxygens (including phenoxy) is 1. The molecule has 0 saturated carbocycles. The summed E-state index contributed by atoms with van der Waals surface area (Å²) in [6, 6.07) is 5.73. The van der Waals surface area contributed by atoms with E-state index in [1.54, 1.807) is 11.8 Å². The predicted octanol–water partition coefficient (Wildman–Crippen LogP) is 5.17. The predicted molar refractivity (Wildman–Crippen MR) is 96.9 cm³/mol. The largest absolute Gasteiger partial charge is 0.490 e. The van der Waals surface area contributed by atoms with E-state index >= 15 is 0 Å². The number of aromatic nitrogens is 1. The first-order valence-corrected chi connectivity index (χ1v) is 9.21. The lowest BCUT2D eigenvalue weighted by Crippen LogP contribution is -2.08. The second kappa shape index (κ2) is 8.25. The zero-order chi connectivity index (χ0) is 17.0. The molecule has 23 heavy (non-hydrogen) atoms. The Balaban J connectivity index is 2.27. The second-order valence-electron chi connectivity index (χ2n) is 5.38. The number of thioether (sulfide) groups is 1. The summed E-state index contributed by atoms with van der Waals surface area (Å²) in [5, 5.41) is 11.5. The highest BCUT2D eigenvalue weighted by Crippen LogP contribution is 2.34. The fraction of sp³-hybridized carbons (Fsp3) is 0.353. The second-order valence-corrected chi connectivity index (χ2v) is 7.04. The first kappa shape index (κ1) is 18.4. The highest BCUT2D eigenvalue weighted by atomic mass is 35.5. The van der Waals surface area contributed by atoms with Gasteiger partial charge in [-0.3, -0.25) is 4.98 Å². The van der Waals surface area contributed by atoms with Crippen LogP contribution in [0.25, 0.3) is 0 Å². The molecule has 0 bridgehead atoms. The van der Waals surface area contributed by atoms with Crippen LogP contribution >= 0.6 is 35.0 Å². The van der Waals surface area contributed by atoms with E-state index in [1.165, 1.54) is 12.4 Å². The van der Waals surface area contributed by atoms with Crippen LogP contribution < -0.4 is 4.74 Å². The zero-order valence-corrected chi connectivity index (χ0v) is 15.5. The van der Waals surface area contributed by atoms with Crippen LogP contribution in [0.15, 0.2) is 35.5 Å². The highest BCUT2D eigenvalue weighted by Gasteiger charge is 2.16. The summed E-state index contributed by atoms with van der Waals surface area (Å²) in [4.78, 5) is 4.96.